The second kappa shape index (κ2) is 24.9. The Morgan fingerprint density at radius 1 is 0.730 bits per heavy atom. The molecule has 0 radical (unpaired) electrons. The van der Waals surface area contributed by atoms with Crippen LogP contribution in [0, 0.1) is 17.7 Å². The van der Waals surface area contributed by atoms with Crippen LogP contribution in [-0.2, 0) is 11.3 Å². The number of methoxy groups -OCH3 is 1. The second-order valence-corrected chi connectivity index (χ2v) is 15.9. The number of Topliss-reactive ketones (excluding diaryl/α,β-unsaturated/α-hetero) is 1. The normalized spacial score (nSPS) is 16.1. The van der Waals surface area contributed by atoms with Gasteiger partial charge in [-0.1, -0.05) is 49.6 Å². The number of pyridine rings is 1. The van der Waals surface area contributed by atoms with Crippen molar-refractivity contribution in [3.63, 3.8) is 0 Å². The van der Waals surface area contributed by atoms with E-state index < -0.39 is 5.69 Å². The highest BCUT2D eigenvalue weighted by Gasteiger charge is 2.29. The van der Waals surface area contributed by atoms with E-state index in [-0.39, 0.29) is 72.1 Å². The number of para-hydroxylation sites is 3. The number of likely N-dealkylation sites (tertiary alicyclic amines) is 1. The first-order valence-corrected chi connectivity index (χ1v) is 21.4. The van der Waals surface area contributed by atoms with Gasteiger partial charge in [-0.25, -0.2) is 14.2 Å². The molecule has 3 fully saturated rings. The van der Waals surface area contributed by atoms with Crippen LogP contribution in [0.2, 0.25) is 0 Å². The standard InChI is InChI=1S/C25H34N4O2.C22H22FN3O3.3ClH/c1-31-23-12-6-5-11-22(23)28-18-15-27(16-19-28)17-20-29(24-13-7-8-14-26-24)25(30)21-9-3-2-4-10-21;23-17-7-5-15(6-8-17)20(27)16-9-11-25(12-10-16)13-14-26-21(28)18-3-1-2-4-19(18)24-22(26)29;;;/h5-8,11-14,21H,2-4,9-10,15-20H2,1H3;1-8,16H,9-14H2,(H,24,29);3*1H. The van der Waals surface area contributed by atoms with Crippen LogP contribution in [0.1, 0.15) is 55.3 Å². The molecule has 1 aliphatic carbocycles. The molecule has 340 valence electrons. The molecule has 1 amide bonds. The number of carbonyl (C=O) groups excluding carboxylic acids is 2. The topological polar surface area (TPSA) is 124 Å². The van der Waals surface area contributed by atoms with Gasteiger partial charge in [0.2, 0.25) is 5.91 Å². The Morgan fingerprint density at radius 3 is 2.06 bits per heavy atom. The lowest BCUT2D eigenvalue weighted by molar-refractivity contribution is -0.123. The third-order valence-electron chi connectivity index (χ3n) is 12.2. The molecule has 2 saturated heterocycles. The number of anilines is 2. The zero-order valence-electron chi connectivity index (χ0n) is 35.7. The van der Waals surface area contributed by atoms with Gasteiger partial charge in [0.15, 0.2) is 5.78 Å². The van der Waals surface area contributed by atoms with Crippen LogP contribution in [0.25, 0.3) is 10.9 Å². The molecule has 16 heteroatoms. The summed E-state index contributed by atoms with van der Waals surface area (Å²) in [6, 6.07) is 26.7. The quantitative estimate of drug-likeness (QED) is 0.127. The summed E-state index contributed by atoms with van der Waals surface area (Å²) in [6.07, 6.45) is 8.80. The molecule has 4 heterocycles. The highest BCUT2D eigenvalue weighted by molar-refractivity contribution is 5.98. The van der Waals surface area contributed by atoms with Crippen LogP contribution in [0.15, 0.2) is 107 Å². The van der Waals surface area contributed by atoms with Gasteiger partial charge in [0.1, 0.15) is 17.4 Å². The second-order valence-electron chi connectivity index (χ2n) is 15.9. The number of nitrogens with zero attached hydrogens (tertiary/aromatic N) is 6. The lowest BCUT2D eigenvalue weighted by Gasteiger charge is -2.37. The number of rotatable bonds is 12. The number of aromatic nitrogens is 3. The first-order chi connectivity index (χ1) is 29.3. The zero-order valence-corrected chi connectivity index (χ0v) is 38.2. The highest BCUT2D eigenvalue weighted by Crippen LogP contribution is 2.29. The number of ether oxygens (including phenoxy) is 1. The third-order valence-corrected chi connectivity index (χ3v) is 12.2. The Labute approximate surface area is 387 Å². The molecule has 63 heavy (non-hydrogen) atoms. The maximum atomic E-state index is 13.3. The van der Waals surface area contributed by atoms with Gasteiger partial charge in [-0.2, -0.15) is 0 Å². The van der Waals surface area contributed by atoms with Crippen molar-refractivity contribution >= 4 is 71.3 Å². The monoisotopic (exact) mass is 925 g/mol. The third kappa shape index (κ3) is 13.1. The number of H-pyrrole nitrogens is 1. The van der Waals surface area contributed by atoms with Gasteiger partial charge in [0.25, 0.3) is 5.56 Å². The van der Waals surface area contributed by atoms with Crippen LogP contribution in [0.5, 0.6) is 5.75 Å². The van der Waals surface area contributed by atoms with Gasteiger partial charge in [-0.05, 0) is 99.4 Å². The fourth-order valence-corrected chi connectivity index (χ4v) is 8.68. The summed E-state index contributed by atoms with van der Waals surface area (Å²) >= 11 is 0. The van der Waals surface area contributed by atoms with Crippen molar-refractivity contribution in [2.45, 2.75) is 51.5 Å². The first-order valence-electron chi connectivity index (χ1n) is 21.4. The van der Waals surface area contributed by atoms with Crippen molar-refractivity contribution in [3.8, 4) is 5.75 Å². The fraction of sp³-hybridized carbons (Fsp3) is 0.426. The molecule has 2 aromatic heterocycles. The predicted octanol–water partition coefficient (Wildman–Crippen LogP) is 7.51. The van der Waals surface area contributed by atoms with Crippen molar-refractivity contribution in [1.29, 1.82) is 0 Å². The molecular weight excluding hydrogens is 868 g/mol. The Hall–Kier alpha value is -4.79. The van der Waals surface area contributed by atoms with Crippen molar-refractivity contribution in [2.75, 3.05) is 75.8 Å². The Balaban J connectivity index is 0.000000264. The molecule has 0 atom stereocenters. The molecule has 2 aliphatic heterocycles. The zero-order chi connectivity index (χ0) is 41.8. The van der Waals surface area contributed by atoms with E-state index >= 15 is 0 Å². The molecule has 12 nitrogen and oxygen atoms in total. The van der Waals surface area contributed by atoms with Crippen LogP contribution < -0.4 is 25.8 Å². The van der Waals surface area contributed by atoms with Crippen LogP contribution >= 0.6 is 37.2 Å². The van der Waals surface area contributed by atoms with Gasteiger partial charge in [-0.15, -0.1) is 37.2 Å². The summed E-state index contributed by atoms with van der Waals surface area (Å²) < 4.78 is 19.8. The summed E-state index contributed by atoms with van der Waals surface area (Å²) in [6.45, 7) is 7.75. The number of piperazine rings is 1. The summed E-state index contributed by atoms with van der Waals surface area (Å²) in [7, 11) is 1.73. The van der Waals surface area contributed by atoms with E-state index in [0.717, 1.165) is 88.8 Å². The summed E-state index contributed by atoms with van der Waals surface area (Å²) in [4.78, 5) is 66.9. The maximum absolute atomic E-state index is 13.3. The van der Waals surface area contributed by atoms with Gasteiger partial charge < -0.3 is 19.5 Å². The molecule has 8 rings (SSSR count). The lowest BCUT2D eigenvalue weighted by atomic mass is 9.88. The molecule has 3 aliphatic rings. The molecule has 1 saturated carbocycles. The number of amides is 1. The number of benzene rings is 3. The Kier molecular flexibility index (Phi) is 20.1. The number of ketones is 1. The number of piperidine rings is 1. The van der Waals surface area contributed by atoms with Crippen LogP contribution in [0.4, 0.5) is 15.9 Å². The number of hydrogen-bond donors (Lipinski definition) is 1. The highest BCUT2D eigenvalue weighted by atomic mass is 35.5. The van der Waals surface area contributed by atoms with Crippen molar-refractivity contribution in [1.82, 2.24) is 24.3 Å². The molecule has 0 unspecified atom stereocenters. The van der Waals surface area contributed by atoms with Crippen molar-refractivity contribution < 1.29 is 18.7 Å². The minimum atomic E-state index is -0.407. The average Bonchev–Trinajstić information content (AvgIpc) is 3.30. The number of halogens is 4. The summed E-state index contributed by atoms with van der Waals surface area (Å²) in [5.41, 5.74) is 1.55. The number of fused-ring (bicyclic) bond motifs is 1. The number of carbonyl (C=O) groups is 2. The fourth-order valence-electron chi connectivity index (χ4n) is 8.68. The first kappa shape index (κ1) is 50.9. The van der Waals surface area contributed by atoms with Gasteiger partial charge in [0, 0.05) is 76.0 Å². The molecule has 3 aromatic carbocycles. The van der Waals surface area contributed by atoms with Gasteiger partial charge in [-0.3, -0.25) is 28.8 Å². The molecule has 1 N–H and O–H groups in total. The SMILES string of the molecule is COc1ccccc1N1CCN(CCN(C(=O)C2CCCCC2)c2ccccn2)CC1.Cl.Cl.Cl.O=C(c1ccc(F)cc1)C1CCN(CCn2c(=O)[nH]c3ccccc3c2=O)CC1. The summed E-state index contributed by atoms with van der Waals surface area (Å²) in [5.74, 6) is 1.73. The van der Waals surface area contributed by atoms with E-state index in [1.165, 1.54) is 35.3 Å². The van der Waals surface area contributed by atoms with Crippen molar-refractivity contribution in [3.05, 3.63) is 129 Å². The van der Waals surface area contributed by atoms with Gasteiger partial charge in [0.05, 0.1) is 23.7 Å². The van der Waals surface area contributed by atoms with E-state index in [1.807, 2.05) is 35.2 Å². The molecule has 0 spiro atoms. The molecule has 5 aromatic rings. The average molecular weight is 927 g/mol. The smallest absolute Gasteiger partial charge is 0.328 e. The molecular formula is C47H59Cl3FN7O5. The maximum Gasteiger partial charge on any atom is 0.328 e. The van der Waals surface area contributed by atoms with E-state index in [0.29, 0.717) is 48.9 Å². The predicted molar refractivity (Wildman–Crippen MR) is 255 cm³/mol. The summed E-state index contributed by atoms with van der Waals surface area (Å²) in [5, 5.41) is 0.496. The number of aromatic amines is 1. The number of hydrogen-bond acceptors (Lipinski definition) is 9. The van der Waals surface area contributed by atoms with E-state index in [2.05, 4.69) is 36.8 Å². The van der Waals surface area contributed by atoms with Crippen molar-refractivity contribution in [2.24, 2.45) is 11.8 Å². The van der Waals surface area contributed by atoms with Gasteiger partial charge >= 0.3 is 5.69 Å². The largest absolute Gasteiger partial charge is 0.495 e. The Morgan fingerprint density at radius 2 is 1.38 bits per heavy atom. The molecule has 0 bridgehead atoms. The minimum absolute atomic E-state index is 0. The number of nitrogens with one attached hydrogen (secondary N) is 1. The van der Waals surface area contributed by atoms with E-state index in [9.17, 15) is 23.6 Å². The Bertz CT molecular complexity index is 2310. The van der Waals surface area contributed by atoms with Crippen LogP contribution in [0.3, 0.4) is 0 Å². The van der Waals surface area contributed by atoms with E-state index in [4.69, 9.17) is 4.74 Å². The minimum Gasteiger partial charge on any atom is -0.495 e. The van der Waals surface area contributed by atoms with Crippen LogP contribution in [-0.4, -0.2) is 102 Å². The van der Waals surface area contributed by atoms with E-state index in [1.54, 1.807) is 37.6 Å². The lowest BCUT2D eigenvalue weighted by Crippen LogP contribution is -2.50.